The molecule has 1 aliphatic heterocycles. The van der Waals surface area contributed by atoms with Crippen molar-refractivity contribution in [1.29, 1.82) is 0 Å². The molecule has 1 N–H and O–H groups in total. The number of carbonyl (C=O) groups is 2. The van der Waals surface area contributed by atoms with Gasteiger partial charge in [-0.3, -0.25) is 4.79 Å². The van der Waals surface area contributed by atoms with Crippen LogP contribution in [0.5, 0.6) is 5.75 Å². The maximum atomic E-state index is 12.8. The molecule has 5 nitrogen and oxygen atoms in total. The highest BCUT2D eigenvalue weighted by atomic mass is 16.5. The summed E-state index contributed by atoms with van der Waals surface area (Å²) in [5.41, 5.74) is 1.91. The highest BCUT2D eigenvalue weighted by molar-refractivity contribution is 5.89. The van der Waals surface area contributed by atoms with Gasteiger partial charge in [-0.2, -0.15) is 0 Å². The molecule has 0 aliphatic carbocycles. The number of likely N-dealkylation sites (tertiary alicyclic amines) is 1. The second-order valence-electron chi connectivity index (χ2n) is 6.29. The van der Waals surface area contributed by atoms with E-state index >= 15 is 0 Å². The van der Waals surface area contributed by atoms with Crippen molar-refractivity contribution in [3.63, 3.8) is 0 Å². The van der Waals surface area contributed by atoms with Gasteiger partial charge in [-0.1, -0.05) is 42.5 Å². The lowest BCUT2D eigenvalue weighted by Gasteiger charge is -2.22. The number of carboxylic acids is 1. The van der Waals surface area contributed by atoms with Crippen molar-refractivity contribution >= 4 is 11.9 Å². The van der Waals surface area contributed by atoms with E-state index in [1.807, 2.05) is 54.6 Å². The third kappa shape index (κ3) is 3.82. The van der Waals surface area contributed by atoms with Gasteiger partial charge in [-0.15, -0.1) is 0 Å². The second-order valence-corrected chi connectivity index (χ2v) is 6.29. The third-order valence-electron chi connectivity index (χ3n) is 4.61. The standard InChI is InChI=1S/C20H21NO4/c1-25-17-9-5-8-15(11-17)13-21-18(20(23)24)12-16(19(21)22)10-14-6-3-2-4-7-14/h2-9,11,16,18H,10,12-13H2,1H3,(H,23,24)/t16-,18+/m1/s1. The Kier molecular flexibility index (Phi) is 5.03. The van der Waals surface area contributed by atoms with Crippen LogP contribution >= 0.6 is 0 Å². The van der Waals surface area contributed by atoms with Crippen LogP contribution in [0.15, 0.2) is 54.6 Å². The van der Waals surface area contributed by atoms with Gasteiger partial charge in [0, 0.05) is 12.5 Å². The number of amides is 1. The van der Waals surface area contributed by atoms with Gasteiger partial charge in [0.05, 0.1) is 7.11 Å². The first kappa shape index (κ1) is 17.0. The molecular weight excluding hydrogens is 318 g/mol. The number of methoxy groups -OCH3 is 1. The molecule has 0 saturated carbocycles. The number of carbonyl (C=O) groups excluding carboxylic acids is 1. The number of carboxylic acid groups (broad SMARTS) is 1. The lowest BCUT2D eigenvalue weighted by molar-refractivity contribution is -0.146. The van der Waals surface area contributed by atoms with Crippen LogP contribution in [0.3, 0.4) is 0 Å². The smallest absolute Gasteiger partial charge is 0.326 e. The maximum Gasteiger partial charge on any atom is 0.326 e. The molecule has 0 unspecified atom stereocenters. The van der Waals surface area contributed by atoms with Crippen molar-refractivity contribution in [2.24, 2.45) is 5.92 Å². The topological polar surface area (TPSA) is 66.8 Å². The molecule has 0 spiro atoms. The van der Waals surface area contributed by atoms with Crippen LogP contribution in [0.2, 0.25) is 0 Å². The van der Waals surface area contributed by atoms with Crippen molar-refractivity contribution in [2.45, 2.75) is 25.4 Å². The molecule has 1 heterocycles. The Hall–Kier alpha value is -2.82. The highest BCUT2D eigenvalue weighted by Crippen LogP contribution is 2.30. The molecule has 1 fully saturated rings. The predicted molar refractivity (Wildman–Crippen MR) is 93.2 cm³/mol. The molecule has 0 bridgehead atoms. The molecule has 2 aromatic rings. The van der Waals surface area contributed by atoms with Crippen LogP contribution in [-0.2, 0) is 22.6 Å². The molecule has 25 heavy (non-hydrogen) atoms. The van der Waals surface area contributed by atoms with Crippen molar-refractivity contribution in [3.05, 3.63) is 65.7 Å². The first-order valence-electron chi connectivity index (χ1n) is 8.28. The largest absolute Gasteiger partial charge is 0.497 e. The van der Waals surface area contributed by atoms with E-state index in [0.717, 1.165) is 11.1 Å². The van der Waals surface area contributed by atoms with E-state index in [4.69, 9.17) is 4.74 Å². The van der Waals surface area contributed by atoms with Crippen molar-refractivity contribution in [3.8, 4) is 5.75 Å². The maximum absolute atomic E-state index is 12.8. The fourth-order valence-electron chi connectivity index (χ4n) is 3.34. The average Bonchev–Trinajstić information content (AvgIpc) is 2.92. The minimum Gasteiger partial charge on any atom is -0.497 e. The number of aliphatic carboxylic acids is 1. The molecule has 3 rings (SSSR count). The molecule has 0 aromatic heterocycles. The van der Waals surface area contributed by atoms with Crippen molar-refractivity contribution in [1.82, 2.24) is 4.90 Å². The summed E-state index contributed by atoms with van der Waals surface area (Å²) in [5.74, 6) is -0.656. The Morgan fingerprint density at radius 2 is 1.88 bits per heavy atom. The Morgan fingerprint density at radius 1 is 1.16 bits per heavy atom. The number of hydrogen-bond donors (Lipinski definition) is 1. The molecule has 2 atom stereocenters. The van der Waals surface area contributed by atoms with E-state index in [0.29, 0.717) is 18.6 Å². The van der Waals surface area contributed by atoms with Gasteiger partial charge in [0.25, 0.3) is 0 Å². The number of ether oxygens (including phenoxy) is 1. The molecule has 0 radical (unpaired) electrons. The van der Waals surface area contributed by atoms with Crippen LogP contribution in [-0.4, -0.2) is 35.0 Å². The van der Waals surface area contributed by atoms with Crippen LogP contribution in [0, 0.1) is 5.92 Å². The fourth-order valence-corrected chi connectivity index (χ4v) is 3.34. The highest BCUT2D eigenvalue weighted by Gasteiger charge is 2.43. The Labute approximate surface area is 146 Å². The molecular formula is C20H21NO4. The second kappa shape index (κ2) is 7.38. The summed E-state index contributed by atoms with van der Waals surface area (Å²) in [6, 6.07) is 16.3. The molecule has 1 saturated heterocycles. The van der Waals surface area contributed by atoms with Crippen LogP contribution < -0.4 is 4.74 Å². The van der Waals surface area contributed by atoms with Gasteiger partial charge in [-0.25, -0.2) is 4.79 Å². The summed E-state index contributed by atoms with van der Waals surface area (Å²) in [6.07, 6.45) is 0.908. The Balaban J connectivity index is 1.78. The van der Waals surface area contributed by atoms with Gasteiger partial charge in [0.2, 0.25) is 5.91 Å². The zero-order valence-corrected chi connectivity index (χ0v) is 14.1. The van der Waals surface area contributed by atoms with E-state index in [2.05, 4.69) is 0 Å². The first-order valence-corrected chi connectivity index (χ1v) is 8.28. The van der Waals surface area contributed by atoms with Gasteiger partial charge >= 0.3 is 5.97 Å². The summed E-state index contributed by atoms with van der Waals surface area (Å²) < 4.78 is 5.20. The zero-order valence-electron chi connectivity index (χ0n) is 14.1. The minimum atomic E-state index is -0.952. The lowest BCUT2D eigenvalue weighted by atomic mass is 9.96. The number of benzene rings is 2. The molecule has 1 amide bonds. The van der Waals surface area contributed by atoms with Gasteiger partial charge in [-0.05, 0) is 36.1 Å². The number of hydrogen-bond acceptors (Lipinski definition) is 3. The summed E-state index contributed by atoms with van der Waals surface area (Å²) >= 11 is 0. The zero-order chi connectivity index (χ0) is 17.8. The SMILES string of the molecule is COc1cccc(CN2C(=O)[C@H](Cc3ccccc3)C[C@H]2C(=O)O)c1. The van der Waals surface area contributed by atoms with Crippen molar-refractivity contribution in [2.75, 3.05) is 7.11 Å². The van der Waals surface area contributed by atoms with E-state index in [1.54, 1.807) is 7.11 Å². The Bertz CT molecular complexity index is 759. The lowest BCUT2D eigenvalue weighted by Crippen LogP contribution is -2.38. The minimum absolute atomic E-state index is 0.0981. The summed E-state index contributed by atoms with van der Waals surface area (Å²) in [7, 11) is 1.58. The third-order valence-corrected chi connectivity index (χ3v) is 4.61. The molecule has 1 aliphatic rings. The summed E-state index contributed by atoms with van der Waals surface area (Å²) in [4.78, 5) is 25.9. The molecule has 5 heteroatoms. The quantitative estimate of drug-likeness (QED) is 0.879. The average molecular weight is 339 g/mol. The van der Waals surface area contributed by atoms with Crippen LogP contribution in [0.1, 0.15) is 17.5 Å². The van der Waals surface area contributed by atoms with Gasteiger partial charge < -0.3 is 14.7 Å². The van der Waals surface area contributed by atoms with Gasteiger partial charge in [0.15, 0.2) is 0 Å². The predicted octanol–water partition coefficient (Wildman–Crippen LogP) is 2.74. The Morgan fingerprint density at radius 3 is 2.56 bits per heavy atom. The fraction of sp³-hybridized carbons (Fsp3) is 0.300. The number of rotatable bonds is 6. The van der Waals surface area contributed by atoms with Crippen LogP contribution in [0.4, 0.5) is 0 Å². The first-order chi connectivity index (χ1) is 12.1. The summed E-state index contributed by atoms with van der Waals surface area (Å²) in [5, 5.41) is 9.55. The summed E-state index contributed by atoms with van der Waals surface area (Å²) in [6.45, 7) is 0.276. The van der Waals surface area contributed by atoms with Gasteiger partial charge in [0.1, 0.15) is 11.8 Å². The van der Waals surface area contributed by atoms with E-state index in [1.165, 1.54) is 4.90 Å². The van der Waals surface area contributed by atoms with Crippen LogP contribution in [0.25, 0.3) is 0 Å². The molecule has 2 aromatic carbocycles. The van der Waals surface area contributed by atoms with E-state index < -0.39 is 12.0 Å². The monoisotopic (exact) mass is 339 g/mol. The molecule has 130 valence electrons. The number of nitrogens with zero attached hydrogens (tertiary/aromatic N) is 1. The van der Waals surface area contributed by atoms with E-state index in [9.17, 15) is 14.7 Å². The van der Waals surface area contributed by atoms with Crippen molar-refractivity contribution < 1.29 is 19.4 Å². The van der Waals surface area contributed by atoms with E-state index in [-0.39, 0.29) is 18.4 Å². The normalized spacial score (nSPS) is 19.9.